The van der Waals surface area contributed by atoms with Crippen LogP contribution in [0, 0.1) is 0 Å². The van der Waals surface area contributed by atoms with Gasteiger partial charge in [0.15, 0.2) is 0 Å². The molecule has 3 amide bonds. The van der Waals surface area contributed by atoms with Gasteiger partial charge in [0.25, 0.3) is 5.91 Å². The summed E-state index contributed by atoms with van der Waals surface area (Å²) in [6.07, 6.45) is 6.84. The van der Waals surface area contributed by atoms with Gasteiger partial charge in [0, 0.05) is 44.2 Å². The van der Waals surface area contributed by atoms with Crippen molar-refractivity contribution in [3.63, 3.8) is 0 Å². The smallest absolute Gasteiger partial charge is 0.255 e. The van der Waals surface area contributed by atoms with Crippen molar-refractivity contribution in [2.75, 3.05) is 13.1 Å². The molecule has 0 bridgehead atoms. The Kier molecular flexibility index (Phi) is 5.96. The first-order valence-electron chi connectivity index (χ1n) is 10.8. The number of nitrogens with zero attached hydrogens (tertiary/aromatic N) is 2. The summed E-state index contributed by atoms with van der Waals surface area (Å²) in [5.41, 5.74) is 8.60. The quantitative estimate of drug-likeness (QED) is 0.709. The van der Waals surface area contributed by atoms with Crippen LogP contribution in [0.2, 0.25) is 0 Å². The second kappa shape index (κ2) is 8.63. The first-order chi connectivity index (χ1) is 14.1. The Morgan fingerprint density at radius 2 is 1.90 bits per heavy atom. The third-order valence-corrected chi connectivity index (χ3v) is 6.52. The number of imide groups is 1. The minimum Gasteiger partial charge on any atom is -0.329 e. The highest BCUT2D eigenvalue weighted by atomic mass is 16.2. The fraction of sp³-hybridized carbons (Fsp3) is 0.591. The lowest BCUT2D eigenvalue weighted by Crippen LogP contribution is -2.52. The van der Waals surface area contributed by atoms with E-state index in [0.29, 0.717) is 32.1 Å². The van der Waals surface area contributed by atoms with E-state index < -0.39 is 6.04 Å². The summed E-state index contributed by atoms with van der Waals surface area (Å²) in [5, 5.41) is 2.37. The summed E-state index contributed by atoms with van der Waals surface area (Å²) in [6, 6.07) is 5.94. The van der Waals surface area contributed by atoms with Gasteiger partial charge in [-0.3, -0.25) is 24.6 Å². The summed E-state index contributed by atoms with van der Waals surface area (Å²) in [4.78, 5) is 41.1. The molecule has 1 saturated heterocycles. The number of nitrogens with two attached hydrogens (primary N) is 1. The zero-order valence-electron chi connectivity index (χ0n) is 16.9. The van der Waals surface area contributed by atoms with Crippen LogP contribution in [0.3, 0.4) is 0 Å². The van der Waals surface area contributed by atoms with Crippen LogP contribution >= 0.6 is 0 Å². The number of fused-ring (bicyclic) bond motifs is 1. The Morgan fingerprint density at radius 1 is 1.10 bits per heavy atom. The molecule has 7 heteroatoms. The lowest BCUT2D eigenvalue weighted by atomic mass is 9.93. The van der Waals surface area contributed by atoms with E-state index >= 15 is 0 Å². The van der Waals surface area contributed by atoms with E-state index in [1.54, 1.807) is 4.90 Å². The first-order valence-corrected chi connectivity index (χ1v) is 10.8. The normalized spacial score (nSPS) is 22.9. The minimum absolute atomic E-state index is 0.0959. The standard InChI is InChI=1S/C22H30N4O3/c23-11-12-25(17-7-2-1-3-8-17)13-15-5-4-6-16-14-26(22(29)20(15)16)18-9-10-19(27)24-21(18)28/h4-6,17-18H,1-3,7-14,23H2,(H,24,27,28). The van der Waals surface area contributed by atoms with Crippen molar-refractivity contribution in [2.45, 2.75) is 70.1 Å². The molecular formula is C22H30N4O3. The second-order valence-electron chi connectivity index (χ2n) is 8.40. The molecule has 1 saturated carbocycles. The van der Waals surface area contributed by atoms with Crippen LogP contribution < -0.4 is 11.1 Å². The molecule has 2 heterocycles. The summed E-state index contributed by atoms with van der Waals surface area (Å²) in [5.74, 6) is -0.724. The van der Waals surface area contributed by atoms with Gasteiger partial charge in [0.2, 0.25) is 11.8 Å². The highest BCUT2D eigenvalue weighted by molar-refractivity contribution is 6.05. The zero-order valence-corrected chi connectivity index (χ0v) is 16.9. The summed E-state index contributed by atoms with van der Waals surface area (Å²) in [7, 11) is 0. The SMILES string of the molecule is NCCN(Cc1cccc2c1C(=O)N(C1CCC(=O)NC1=O)C2)C1CCCCC1. The van der Waals surface area contributed by atoms with E-state index in [0.717, 1.165) is 23.2 Å². The summed E-state index contributed by atoms with van der Waals surface area (Å²) >= 11 is 0. The van der Waals surface area contributed by atoms with Gasteiger partial charge in [-0.05, 0) is 30.4 Å². The number of benzene rings is 1. The number of hydrogen-bond acceptors (Lipinski definition) is 5. The molecular weight excluding hydrogens is 368 g/mol. The largest absolute Gasteiger partial charge is 0.329 e. The van der Waals surface area contributed by atoms with Gasteiger partial charge in [0.05, 0.1) is 0 Å². The predicted molar refractivity (Wildman–Crippen MR) is 109 cm³/mol. The van der Waals surface area contributed by atoms with Crippen molar-refractivity contribution in [1.82, 2.24) is 15.1 Å². The Bertz CT molecular complexity index is 803. The maximum absolute atomic E-state index is 13.3. The van der Waals surface area contributed by atoms with E-state index in [9.17, 15) is 14.4 Å². The van der Waals surface area contributed by atoms with E-state index in [-0.39, 0.29) is 24.1 Å². The molecule has 29 heavy (non-hydrogen) atoms. The number of hydrogen-bond donors (Lipinski definition) is 2. The summed E-state index contributed by atoms with van der Waals surface area (Å²) in [6.45, 7) is 2.55. The van der Waals surface area contributed by atoms with Crippen LogP contribution in [0.4, 0.5) is 0 Å². The fourth-order valence-electron chi connectivity index (χ4n) is 5.04. The van der Waals surface area contributed by atoms with E-state index in [1.807, 2.05) is 18.2 Å². The maximum atomic E-state index is 13.3. The fourth-order valence-corrected chi connectivity index (χ4v) is 5.04. The van der Waals surface area contributed by atoms with Crippen LogP contribution in [0.25, 0.3) is 0 Å². The number of piperidine rings is 1. The number of rotatable bonds is 6. The van der Waals surface area contributed by atoms with Gasteiger partial charge in [-0.2, -0.15) is 0 Å². The lowest BCUT2D eigenvalue weighted by Gasteiger charge is -2.34. The summed E-state index contributed by atoms with van der Waals surface area (Å²) < 4.78 is 0. The number of carbonyl (C=O) groups is 3. The van der Waals surface area contributed by atoms with E-state index in [1.165, 1.54) is 32.1 Å². The third-order valence-electron chi connectivity index (χ3n) is 6.52. The van der Waals surface area contributed by atoms with Gasteiger partial charge >= 0.3 is 0 Å². The maximum Gasteiger partial charge on any atom is 0.255 e. The highest BCUT2D eigenvalue weighted by Gasteiger charge is 2.40. The molecule has 1 atom stereocenters. The third kappa shape index (κ3) is 4.07. The topological polar surface area (TPSA) is 95.7 Å². The first kappa shape index (κ1) is 20.0. The second-order valence-corrected chi connectivity index (χ2v) is 8.40. The molecule has 1 unspecified atom stereocenters. The van der Waals surface area contributed by atoms with E-state index in [2.05, 4.69) is 10.2 Å². The highest BCUT2D eigenvalue weighted by Crippen LogP contribution is 2.31. The number of nitrogens with one attached hydrogen (secondary N) is 1. The van der Waals surface area contributed by atoms with Crippen molar-refractivity contribution in [2.24, 2.45) is 5.73 Å². The molecule has 1 aromatic rings. The molecule has 0 aromatic heterocycles. The van der Waals surface area contributed by atoms with Gasteiger partial charge in [-0.1, -0.05) is 37.5 Å². The molecule has 1 aliphatic carbocycles. The number of amides is 3. The Labute approximate surface area is 171 Å². The van der Waals surface area contributed by atoms with Gasteiger partial charge in [0.1, 0.15) is 6.04 Å². The molecule has 0 radical (unpaired) electrons. The molecule has 1 aromatic carbocycles. The molecule has 2 aliphatic heterocycles. The lowest BCUT2D eigenvalue weighted by molar-refractivity contribution is -0.136. The van der Waals surface area contributed by atoms with Gasteiger partial charge < -0.3 is 10.6 Å². The van der Waals surface area contributed by atoms with Crippen molar-refractivity contribution >= 4 is 17.7 Å². The van der Waals surface area contributed by atoms with Crippen molar-refractivity contribution in [3.05, 3.63) is 34.9 Å². The van der Waals surface area contributed by atoms with Crippen LogP contribution in [0.1, 0.15) is 66.4 Å². The van der Waals surface area contributed by atoms with Crippen LogP contribution in [0.15, 0.2) is 18.2 Å². The molecule has 2 fully saturated rings. The molecule has 4 rings (SSSR count). The molecule has 156 valence electrons. The molecule has 3 aliphatic rings. The monoisotopic (exact) mass is 398 g/mol. The number of carbonyl (C=O) groups excluding carboxylic acids is 3. The van der Waals surface area contributed by atoms with Crippen molar-refractivity contribution in [3.8, 4) is 0 Å². The van der Waals surface area contributed by atoms with Crippen molar-refractivity contribution < 1.29 is 14.4 Å². The Balaban J connectivity index is 1.55. The van der Waals surface area contributed by atoms with E-state index in [4.69, 9.17) is 5.73 Å². The van der Waals surface area contributed by atoms with Crippen LogP contribution in [-0.4, -0.2) is 52.7 Å². The average Bonchev–Trinajstić information content (AvgIpc) is 3.06. The van der Waals surface area contributed by atoms with Crippen molar-refractivity contribution in [1.29, 1.82) is 0 Å². The zero-order chi connectivity index (χ0) is 20.4. The molecule has 0 spiro atoms. The molecule has 7 nitrogen and oxygen atoms in total. The Hall–Kier alpha value is -2.25. The van der Waals surface area contributed by atoms with Gasteiger partial charge in [-0.15, -0.1) is 0 Å². The Morgan fingerprint density at radius 3 is 2.62 bits per heavy atom. The minimum atomic E-state index is -0.570. The predicted octanol–water partition coefficient (Wildman–Crippen LogP) is 1.54. The average molecular weight is 399 g/mol. The van der Waals surface area contributed by atoms with Crippen LogP contribution in [0.5, 0.6) is 0 Å². The van der Waals surface area contributed by atoms with Gasteiger partial charge in [-0.25, -0.2) is 0 Å². The molecule has 3 N–H and O–H groups in total. The van der Waals surface area contributed by atoms with Crippen LogP contribution in [-0.2, 0) is 22.7 Å².